The molecule has 0 spiro atoms. The van der Waals surface area contributed by atoms with E-state index in [0.717, 1.165) is 22.1 Å². The van der Waals surface area contributed by atoms with Crippen LogP contribution in [-0.4, -0.2) is 0 Å². The molecule has 1 aromatic heterocycles. The smallest absolute Gasteiger partial charge is 0.336 e. The van der Waals surface area contributed by atoms with Crippen LogP contribution in [0.4, 0.5) is 0 Å². The highest BCUT2D eigenvalue weighted by Gasteiger charge is 2.20. The molecule has 0 atom stereocenters. The summed E-state index contributed by atoms with van der Waals surface area (Å²) in [4.78, 5) is 11.5. The fourth-order valence-corrected chi connectivity index (χ4v) is 2.12. The van der Waals surface area contributed by atoms with E-state index in [1.807, 2.05) is 6.92 Å². The number of hydrogen-bond donors (Lipinski definition) is 0. The summed E-state index contributed by atoms with van der Waals surface area (Å²) in [5, 5.41) is 1.04. The Morgan fingerprint density at radius 2 is 1.71 bits per heavy atom. The minimum Gasteiger partial charge on any atom is -0.422 e. The lowest BCUT2D eigenvalue weighted by atomic mass is 9.84. The quantitative estimate of drug-likeness (QED) is 0.646. The van der Waals surface area contributed by atoms with Gasteiger partial charge in [-0.05, 0) is 36.5 Å². The lowest BCUT2D eigenvalue weighted by Gasteiger charge is -2.21. The van der Waals surface area contributed by atoms with Crippen molar-refractivity contribution in [3.05, 3.63) is 45.3 Å². The first-order valence-electron chi connectivity index (χ1n) is 5.84. The van der Waals surface area contributed by atoms with Gasteiger partial charge in [-0.15, -0.1) is 0 Å². The van der Waals surface area contributed by atoms with Gasteiger partial charge in [0.05, 0.1) is 0 Å². The van der Waals surface area contributed by atoms with Gasteiger partial charge in [-0.25, -0.2) is 4.79 Å². The SMILES string of the molecule is Cc1cc(C(C)(C)C)c2oc(=O)cc(C)c2c1. The molecule has 0 saturated heterocycles. The molecule has 2 heteroatoms. The molecule has 0 unspecified atom stereocenters. The average molecular weight is 230 g/mol. The van der Waals surface area contributed by atoms with Crippen molar-refractivity contribution < 1.29 is 4.42 Å². The summed E-state index contributed by atoms with van der Waals surface area (Å²) in [6.45, 7) is 10.4. The molecule has 90 valence electrons. The van der Waals surface area contributed by atoms with Gasteiger partial charge in [-0.3, -0.25) is 0 Å². The highest BCUT2D eigenvalue weighted by atomic mass is 16.4. The fourth-order valence-electron chi connectivity index (χ4n) is 2.12. The molecule has 0 N–H and O–H groups in total. The molecule has 0 radical (unpaired) electrons. The van der Waals surface area contributed by atoms with E-state index in [-0.39, 0.29) is 11.0 Å². The first-order chi connectivity index (χ1) is 7.79. The van der Waals surface area contributed by atoms with Gasteiger partial charge in [-0.2, -0.15) is 0 Å². The molecule has 0 amide bonds. The number of hydrogen-bond acceptors (Lipinski definition) is 2. The van der Waals surface area contributed by atoms with Crippen LogP contribution in [0.25, 0.3) is 11.0 Å². The number of benzene rings is 1. The number of rotatable bonds is 0. The van der Waals surface area contributed by atoms with Crippen molar-refractivity contribution >= 4 is 11.0 Å². The molecular weight excluding hydrogens is 212 g/mol. The molecule has 2 rings (SSSR count). The van der Waals surface area contributed by atoms with E-state index in [4.69, 9.17) is 4.42 Å². The second-order valence-corrected chi connectivity index (χ2v) is 5.69. The van der Waals surface area contributed by atoms with E-state index in [2.05, 4.69) is 39.8 Å². The Hall–Kier alpha value is -1.57. The number of fused-ring (bicyclic) bond motifs is 1. The van der Waals surface area contributed by atoms with Crippen molar-refractivity contribution in [1.29, 1.82) is 0 Å². The Morgan fingerprint density at radius 1 is 1.06 bits per heavy atom. The summed E-state index contributed by atoms with van der Waals surface area (Å²) >= 11 is 0. The van der Waals surface area contributed by atoms with Crippen LogP contribution < -0.4 is 5.63 Å². The highest BCUT2D eigenvalue weighted by Crippen LogP contribution is 2.31. The third kappa shape index (κ3) is 2.12. The Morgan fingerprint density at radius 3 is 2.29 bits per heavy atom. The topological polar surface area (TPSA) is 30.2 Å². The third-order valence-corrected chi connectivity index (χ3v) is 3.00. The average Bonchev–Trinajstić information content (AvgIpc) is 2.16. The van der Waals surface area contributed by atoms with Gasteiger partial charge >= 0.3 is 5.63 Å². The van der Waals surface area contributed by atoms with Crippen molar-refractivity contribution in [2.24, 2.45) is 0 Å². The molecule has 2 nitrogen and oxygen atoms in total. The predicted molar refractivity (Wildman–Crippen MR) is 70.7 cm³/mol. The molecule has 1 aromatic carbocycles. The monoisotopic (exact) mass is 230 g/mol. The second-order valence-electron chi connectivity index (χ2n) is 5.69. The molecule has 17 heavy (non-hydrogen) atoms. The Balaban J connectivity index is 2.98. The van der Waals surface area contributed by atoms with E-state index in [0.29, 0.717) is 0 Å². The van der Waals surface area contributed by atoms with E-state index < -0.39 is 0 Å². The Bertz CT molecular complexity index is 628. The zero-order chi connectivity index (χ0) is 12.8. The maximum absolute atomic E-state index is 11.5. The van der Waals surface area contributed by atoms with Crippen molar-refractivity contribution in [2.75, 3.05) is 0 Å². The molecule has 0 aliphatic carbocycles. The third-order valence-electron chi connectivity index (χ3n) is 3.00. The van der Waals surface area contributed by atoms with Crippen molar-refractivity contribution in [2.45, 2.75) is 40.0 Å². The van der Waals surface area contributed by atoms with Crippen LogP contribution in [0.15, 0.2) is 27.4 Å². The maximum Gasteiger partial charge on any atom is 0.336 e. The van der Waals surface area contributed by atoms with E-state index >= 15 is 0 Å². The highest BCUT2D eigenvalue weighted by molar-refractivity contribution is 5.84. The summed E-state index contributed by atoms with van der Waals surface area (Å²) in [6, 6.07) is 5.72. The van der Waals surface area contributed by atoms with Gasteiger partial charge in [0.1, 0.15) is 5.58 Å². The molecule has 1 heterocycles. The fraction of sp³-hybridized carbons (Fsp3) is 0.400. The van der Waals surface area contributed by atoms with Gasteiger partial charge in [-0.1, -0.05) is 26.8 Å². The summed E-state index contributed by atoms with van der Waals surface area (Å²) in [5.41, 5.74) is 3.68. The summed E-state index contributed by atoms with van der Waals surface area (Å²) in [7, 11) is 0. The largest absolute Gasteiger partial charge is 0.422 e. The Labute approximate surface area is 101 Å². The van der Waals surface area contributed by atoms with Crippen LogP contribution in [0.2, 0.25) is 0 Å². The molecule has 0 fully saturated rings. The van der Waals surface area contributed by atoms with E-state index in [1.165, 1.54) is 5.56 Å². The van der Waals surface area contributed by atoms with Crippen molar-refractivity contribution in [3.8, 4) is 0 Å². The standard InChI is InChI=1S/C15H18O2/c1-9-6-11-10(2)8-13(16)17-14(11)12(7-9)15(3,4)5/h6-8H,1-5H3. The van der Waals surface area contributed by atoms with E-state index in [1.54, 1.807) is 6.07 Å². The summed E-state index contributed by atoms with van der Waals surface area (Å²) < 4.78 is 5.40. The van der Waals surface area contributed by atoms with Gasteiger partial charge in [0.2, 0.25) is 0 Å². The molecular formula is C15H18O2. The van der Waals surface area contributed by atoms with Crippen LogP contribution in [0.1, 0.15) is 37.5 Å². The minimum absolute atomic E-state index is 0.0337. The maximum atomic E-state index is 11.5. The van der Waals surface area contributed by atoms with E-state index in [9.17, 15) is 4.79 Å². The van der Waals surface area contributed by atoms with Gasteiger partial charge in [0.15, 0.2) is 0 Å². The zero-order valence-corrected chi connectivity index (χ0v) is 11.0. The van der Waals surface area contributed by atoms with Crippen LogP contribution >= 0.6 is 0 Å². The van der Waals surface area contributed by atoms with Crippen molar-refractivity contribution in [1.82, 2.24) is 0 Å². The van der Waals surface area contributed by atoms with Crippen LogP contribution in [0, 0.1) is 13.8 Å². The normalized spacial score (nSPS) is 12.1. The first-order valence-corrected chi connectivity index (χ1v) is 5.84. The van der Waals surface area contributed by atoms with Crippen LogP contribution in [0.5, 0.6) is 0 Å². The first kappa shape index (κ1) is 11.9. The Kier molecular flexibility index (Phi) is 2.61. The molecule has 0 aliphatic rings. The second kappa shape index (κ2) is 3.73. The van der Waals surface area contributed by atoms with Crippen molar-refractivity contribution in [3.63, 3.8) is 0 Å². The molecule has 0 aliphatic heterocycles. The molecule has 2 aromatic rings. The lowest BCUT2D eigenvalue weighted by molar-refractivity contribution is 0.528. The predicted octanol–water partition coefficient (Wildman–Crippen LogP) is 3.71. The van der Waals surface area contributed by atoms with Gasteiger partial charge in [0.25, 0.3) is 0 Å². The molecule has 0 saturated carbocycles. The molecule has 0 bridgehead atoms. The number of aryl methyl sites for hydroxylation is 2. The lowest BCUT2D eigenvalue weighted by Crippen LogP contribution is -2.13. The zero-order valence-electron chi connectivity index (χ0n) is 11.0. The van der Waals surface area contributed by atoms with Crippen LogP contribution in [-0.2, 0) is 5.41 Å². The van der Waals surface area contributed by atoms with Gasteiger partial charge < -0.3 is 4.42 Å². The summed E-state index contributed by atoms with van der Waals surface area (Å²) in [6.07, 6.45) is 0. The summed E-state index contributed by atoms with van der Waals surface area (Å²) in [5.74, 6) is 0. The minimum atomic E-state index is -0.274. The van der Waals surface area contributed by atoms with Gasteiger partial charge in [0, 0.05) is 17.0 Å². The van der Waals surface area contributed by atoms with Crippen LogP contribution in [0.3, 0.4) is 0 Å².